The van der Waals surface area contributed by atoms with Crippen LogP contribution in [0.3, 0.4) is 0 Å². The first kappa shape index (κ1) is 16.2. The highest BCUT2D eigenvalue weighted by atomic mass is 79.9. The molecule has 4 nitrogen and oxygen atoms in total. The molecular weight excluding hydrogens is 370 g/mol. The molecule has 0 unspecified atom stereocenters. The van der Waals surface area contributed by atoms with E-state index < -0.39 is 5.97 Å². The first-order valence-corrected chi connectivity index (χ1v) is 8.08. The Morgan fingerprint density at radius 3 is 2.62 bits per heavy atom. The molecule has 24 heavy (non-hydrogen) atoms. The zero-order valence-corrected chi connectivity index (χ0v) is 14.3. The highest BCUT2D eigenvalue weighted by Crippen LogP contribution is 2.24. The van der Waals surface area contributed by atoms with Crippen molar-refractivity contribution in [2.24, 2.45) is 4.99 Å². The number of hydrogen-bond donors (Lipinski definition) is 0. The Morgan fingerprint density at radius 1 is 1.17 bits per heavy atom. The van der Waals surface area contributed by atoms with Crippen LogP contribution >= 0.6 is 15.9 Å². The molecule has 0 saturated carbocycles. The number of ether oxygens (including phenoxy) is 2. The lowest BCUT2D eigenvalue weighted by Gasteiger charge is -2.02. The van der Waals surface area contributed by atoms with Crippen molar-refractivity contribution in [1.82, 2.24) is 0 Å². The van der Waals surface area contributed by atoms with E-state index in [1.54, 1.807) is 12.2 Å². The van der Waals surface area contributed by atoms with Crippen molar-refractivity contribution in [3.63, 3.8) is 0 Å². The summed E-state index contributed by atoms with van der Waals surface area (Å²) in [4.78, 5) is 16.3. The van der Waals surface area contributed by atoms with Gasteiger partial charge >= 0.3 is 5.97 Å². The monoisotopic (exact) mass is 383 g/mol. The van der Waals surface area contributed by atoms with E-state index in [1.165, 1.54) is 0 Å². The number of halogens is 1. The third-order valence-corrected chi connectivity index (χ3v) is 3.97. The predicted molar refractivity (Wildman–Crippen MR) is 96.9 cm³/mol. The number of rotatable bonds is 5. The fourth-order valence-corrected chi connectivity index (χ4v) is 2.59. The van der Waals surface area contributed by atoms with Crippen molar-refractivity contribution in [3.05, 3.63) is 82.5 Å². The number of benzene rings is 2. The van der Waals surface area contributed by atoms with Crippen molar-refractivity contribution in [1.29, 1.82) is 0 Å². The zero-order valence-electron chi connectivity index (χ0n) is 12.7. The van der Waals surface area contributed by atoms with Crippen molar-refractivity contribution >= 4 is 33.9 Å². The van der Waals surface area contributed by atoms with Crippen LogP contribution < -0.4 is 4.74 Å². The molecule has 5 heteroatoms. The number of hydrogen-bond acceptors (Lipinski definition) is 4. The lowest BCUT2D eigenvalue weighted by molar-refractivity contribution is -0.129. The topological polar surface area (TPSA) is 47.9 Å². The number of aliphatic imine (C=N–C) groups is 1. The molecule has 3 rings (SSSR count). The molecule has 1 aliphatic heterocycles. The third-order valence-electron chi connectivity index (χ3n) is 3.28. The first-order valence-electron chi connectivity index (χ1n) is 7.28. The zero-order chi connectivity index (χ0) is 16.9. The Hall–Kier alpha value is -2.66. The lowest BCUT2D eigenvalue weighted by Crippen LogP contribution is -2.05. The Balaban J connectivity index is 1.83. The minimum atomic E-state index is -0.465. The van der Waals surface area contributed by atoms with Crippen LogP contribution in [0.2, 0.25) is 0 Å². The van der Waals surface area contributed by atoms with Crippen LogP contribution in [0.25, 0.3) is 6.08 Å². The molecule has 0 aliphatic carbocycles. The van der Waals surface area contributed by atoms with Crippen LogP contribution in [0.5, 0.6) is 5.75 Å². The van der Waals surface area contributed by atoms with E-state index >= 15 is 0 Å². The van der Waals surface area contributed by atoms with Gasteiger partial charge in [-0.05, 0) is 51.8 Å². The van der Waals surface area contributed by atoms with E-state index in [9.17, 15) is 4.79 Å². The number of carbonyl (C=O) groups excluding carboxylic acids is 1. The molecule has 2 aromatic rings. The quantitative estimate of drug-likeness (QED) is 0.437. The normalized spacial score (nSPS) is 15.1. The summed E-state index contributed by atoms with van der Waals surface area (Å²) in [6.07, 6.45) is 3.37. The molecule has 0 aromatic heterocycles. The van der Waals surface area contributed by atoms with E-state index in [2.05, 4.69) is 27.5 Å². The second kappa shape index (κ2) is 7.27. The number of esters is 1. The summed E-state index contributed by atoms with van der Waals surface area (Å²) in [6, 6.07) is 14.8. The summed E-state index contributed by atoms with van der Waals surface area (Å²) in [7, 11) is 0. The predicted octanol–water partition coefficient (Wildman–Crippen LogP) is 4.36. The Bertz CT molecular complexity index is 838. The third kappa shape index (κ3) is 3.63. The minimum absolute atomic E-state index is 0.264. The SMILES string of the molecule is C=CCOc1ccc(C=C2N=C(c3ccccc3Br)OC2=O)cc1. The standard InChI is InChI=1S/C19H14BrNO3/c1-2-11-23-14-9-7-13(8-10-14)12-17-19(22)24-18(21-17)15-5-3-4-6-16(15)20/h2-10,12H,1,11H2. The summed E-state index contributed by atoms with van der Waals surface area (Å²) < 4.78 is 11.5. The van der Waals surface area contributed by atoms with Crippen LogP contribution in [-0.2, 0) is 9.53 Å². The Labute approximate surface area is 148 Å². The largest absolute Gasteiger partial charge is 0.490 e. The smallest absolute Gasteiger partial charge is 0.363 e. The van der Waals surface area contributed by atoms with Gasteiger partial charge in [0.25, 0.3) is 0 Å². The fourth-order valence-electron chi connectivity index (χ4n) is 2.13. The van der Waals surface area contributed by atoms with Crippen LogP contribution in [0.15, 0.2) is 76.3 Å². The summed E-state index contributed by atoms with van der Waals surface area (Å²) >= 11 is 3.43. The van der Waals surface area contributed by atoms with Gasteiger partial charge < -0.3 is 9.47 Å². The molecular formula is C19H14BrNO3. The molecule has 1 heterocycles. The van der Waals surface area contributed by atoms with Crippen molar-refractivity contribution in [2.45, 2.75) is 0 Å². The van der Waals surface area contributed by atoms with Gasteiger partial charge in [0.05, 0.1) is 5.56 Å². The molecule has 0 fully saturated rings. The summed E-state index contributed by atoms with van der Waals surface area (Å²) in [6.45, 7) is 4.06. The van der Waals surface area contributed by atoms with Crippen LogP contribution in [0.1, 0.15) is 11.1 Å². The van der Waals surface area contributed by atoms with Gasteiger partial charge in [-0.1, -0.05) is 36.9 Å². The summed E-state index contributed by atoms with van der Waals surface area (Å²) in [5.41, 5.74) is 1.84. The van der Waals surface area contributed by atoms with Crippen LogP contribution in [0.4, 0.5) is 0 Å². The Kier molecular flexibility index (Phi) is 4.91. The molecule has 0 radical (unpaired) electrons. The summed E-state index contributed by atoms with van der Waals surface area (Å²) in [5, 5.41) is 0. The van der Waals surface area contributed by atoms with Gasteiger partial charge in [0, 0.05) is 4.47 Å². The van der Waals surface area contributed by atoms with Crippen LogP contribution in [0, 0.1) is 0 Å². The Morgan fingerprint density at radius 2 is 1.92 bits per heavy atom. The van der Waals surface area contributed by atoms with Gasteiger partial charge in [-0.2, -0.15) is 0 Å². The van der Waals surface area contributed by atoms with Crippen molar-refractivity contribution < 1.29 is 14.3 Å². The number of carbonyl (C=O) groups is 1. The van der Waals surface area contributed by atoms with E-state index in [4.69, 9.17) is 9.47 Å². The van der Waals surface area contributed by atoms with Gasteiger partial charge in [0.1, 0.15) is 12.4 Å². The van der Waals surface area contributed by atoms with E-state index in [0.717, 1.165) is 21.3 Å². The second-order valence-corrected chi connectivity index (χ2v) is 5.84. The molecule has 0 N–H and O–H groups in total. The van der Waals surface area contributed by atoms with Gasteiger partial charge in [0.15, 0.2) is 5.70 Å². The highest BCUT2D eigenvalue weighted by molar-refractivity contribution is 9.10. The van der Waals surface area contributed by atoms with Gasteiger partial charge in [-0.25, -0.2) is 9.79 Å². The van der Waals surface area contributed by atoms with Gasteiger partial charge in [0.2, 0.25) is 5.90 Å². The van der Waals surface area contributed by atoms with Crippen LogP contribution in [-0.4, -0.2) is 18.5 Å². The number of cyclic esters (lactones) is 1. The van der Waals surface area contributed by atoms with Crippen molar-refractivity contribution in [2.75, 3.05) is 6.61 Å². The first-order chi connectivity index (χ1) is 11.7. The molecule has 0 spiro atoms. The maximum absolute atomic E-state index is 12.0. The minimum Gasteiger partial charge on any atom is -0.490 e. The maximum Gasteiger partial charge on any atom is 0.363 e. The molecule has 2 aromatic carbocycles. The van der Waals surface area contributed by atoms with E-state index in [0.29, 0.717) is 12.5 Å². The lowest BCUT2D eigenvalue weighted by atomic mass is 10.2. The highest BCUT2D eigenvalue weighted by Gasteiger charge is 2.25. The second-order valence-electron chi connectivity index (χ2n) is 4.98. The molecule has 1 aliphatic rings. The molecule has 0 bridgehead atoms. The molecule has 0 atom stereocenters. The fraction of sp³-hybridized carbons (Fsp3) is 0.0526. The van der Waals surface area contributed by atoms with Crippen molar-refractivity contribution in [3.8, 4) is 5.75 Å². The molecule has 0 saturated heterocycles. The maximum atomic E-state index is 12.0. The average Bonchev–Trinajstić information content (AvgIpc) is 2.95. The summed E-state index contributed by atoms with van der Waals surface area (Å²) in [5.74, 6) is 0.570. The molecule has 0 amide bonds. The van der Waals surface area contributed by atoms with E-state index in [-0.39, 0.29) is 5.70 Å². The van der Waals surface area contributed by atoms with Gasteiger partial charge in [-0.15, -0.1) is 0 Å². The number of nitrogens with zero attached hydrogens (tertiary/aromatic N) is 1. The average molecular weight is 384 g/mol. The van der Waals surface area contributed by atoms with Gasteiger partial charge in [-0.3, -0.25) is 0 Å². The molecule has 120 valence electrons. The van der Waals surface area contributed by atoms with E-state index in [1.807, 2.05) is 48.5 Å².